The molecule has 1 aliphatic carbocycles. The van der Waals surface area contributed by atoms with Crippen LogP contribution in [-0.4, -0.2) is 83.2 Å². The van der Waals surface area contributed by atoms with Crippen molar-refractivity contribution >= 4 is 28.8 Å². The van der Waals surface area contributed by atoms with Gasteiger partial charge in [-0.2, -0.15) is 0 Å². The number of nitrogens with zero attached hydrogens (tertiary/aromatic N) is 1. The number of likely N-dealkylation sites (N-methyl/N-ethyl adjacent to an activating group) is 1. The molecule has 0 heterocycles. The number of fused-ring (bicyclic) bond motifs is 2. The summed E-state index contributed by atoms with van der Waals surface area (Å²) >= 11 is 0. The highest BCUT2D eigenvalue weighted by Crippen LogP contribution is 2.36. The Labute approximate surface area is 199 Å². The number of ketones is 2. The van der Waals surface area contributed by atoms with Crippen molar-refractivity contribution in [1.82, 2.24) is 10.2 Å². The van der Waals surface area contributed by atoms with Crippen LogP contribution >= 0.6 is 0 Å². The molecule has 0 saturated carbocycles. The minimum absolute atomic E-state index is 0.0828. The first-order valence-electron chi connectivity index (χ1n) is 11.2. The Kier molecular flexibility index (Phi) is 8.75. The minimum atomic E-state index is -0.601. The molecule has 2 aromatic rings. The van der Waals surface area contributed by atoms with Gasteiger partial charge in [-0.25, -0.2) is 0 Å². The van der Waals surface area contributed by atoms with Crippen molar-refractivity contribution in [3.8, 4) is 0 Å². The van der Waals surface area contributed by atoms with Crippen molar-refractivity contribution in [2.75, 3.05) is 65.1 Å². The largest absolute Gasteiger partial charge is 0.383 e. The number of methoxy groups -OCH3 is 2. The Bertz CT molecular complexity index is 1050. The summed E-state index contributed by atoms with van der Waals surface area (Å²) in [5.74, 6) is -0.589. The van der Waals surface area contributed by atoms with Gasteiger partial charge < -0.3 is 30.3 Å². The number of hydrogen-bond donors (Lipinski definition) is 3. The van der Waals surface area contributed by atoms with Gasteiger partial charge in [-0.3, -0.25) is 14.4 Å². The van der Waals surface area contributed by atoms with Crippen molar-refractivity contribution in [2.45, 2.75) is 12.7 Å². The van der Waals surface area contributed by atoms with Gasteiger partial charge in [0.2, 0.25) is 5.91 Å². The van der Waals surface area contributed by atoms with Gasteiger partial charge in [0.1, 0.15) is 0 Å². The SMILES string of the molecule is COC(CC(=O)NCCNc1ccc(NCCN(C)C)c2c1C(=O)c1ccccc1C2=O)OC. The lowest BCUT2D eigenvalue weighted by atomic mass is 9.82. The van der Waals surface area contributed by atoms with E-state index < -0.39 is 6.29 Å². The molecule has 0 unspecified atom stereocenters. The average Bonchev–Trinajstić information content (AvgIpc) is 2.83. The molecule has 34 heavy (non-hydrogen) atoms. The zero-order valence-electron chi connectivity index (χ0n) is 20.1. The maximum absolute atomic E-state index is 13.4. The second-order valence-electron chi connectivity index (χ2n) is 8.23. The van der Waals surface area contributed by atoms with Crippen LogP contribution in [0, 0.1) is 0 Å². The standard InChI is InChI=1S/C25H32N4O5/c1-29(2)14-13-27-19-10-9-18(26-11-12-28-20(30)15-21(33-3)34-4)22-23(19)25(32)17-8-6-5-7-16(17)24(22)31/h5-10,21,26-27H,11-15H2,1-4H3,(H,28,30). The third kappa shape index (κ3) is 5.80. The first-order chi connectivity index (χ1) is 16.4. The molecular formula is C25H32N4O5. The zero-order valence-corrected chi connectivity index (χ0v) is 20.1. The molecule has 182 valence electrons. The second-order valence-corrected chi connectivity index (χ2v) is 8.23. The fourth-order valence-corrected chi connectivity index (χ4v) is 3.82. The summed E-state index contributed by atoms with van der Waals surface area (Å²) in [6, 6.07) is 10.5. The molecule has 0 aromatic heterocycles. The van der Waals surface area contributed by atoms with Gasteiger partial charge in [-0.05, 0) is 26.2 Å². The summed E-state index contributed by atoms with van der Waals surface area (Å²) in [6.45, 7) is 2.11. The number of carbonyl (C=O) groups is 3. The minimum Gasteiger partial charge on any atom is -0.383 e. The van der Waals surface area contributed by atoms with Crippen LogP contribution in [-0.2, 0) is 14.3 Å². The van der Waals surface area contributed by atoms with Crippen molar-refractivity contribution in [3.05, 3.63) is 58.7 Å². The van der Waals surface area contributed by atoms with Gasteiger partial charge in [-0.15, -0.1) is 0 Å². The summed E-state index contributed by atoms with van der Waals surface area (Å²) in [7, 11) is 6.89. The normalized spacial score (nSPS) is 12.5. The molecule has 9 nitrogen and oxygen atoms in total. The average molecular weight is 469 g/mol. The summed E-state index contributed by atoms with van der Waals surface area (Å²) in [5, 5.41) is 9.30. The van der Waals surface area contributed by atoms with Gasteiger partial charge in [0, 0.05) is 62.9 Å². The van der Waals surface area contributed by atoms with Gasteiger partial charge in [0.05, 0.1) is 17.5 Å². The third-order valence-corrected chi connectivity index (χ3v) is 5.59. The lowest BCUT2D eigenvalue weighted by Crippen LogP contribution is -2.32. The zero-order chi connectivity index (χ0) is 24.7. The predicted molar refractivity (Wildman–Crippen MR) is 131 cm³/mol. The Balaban J connectivity index is 1.79. The molecule has 3 N–H and O–H groups in total. The molecule has 9 heteroatoms. The van der Waals surface area contributed by atoms with Gasteiger partial charge in [0.25, 0.3) is 0 Å². The van der Waals surface area contributed by atoms with E-state index in [0.717, 1.165) is 6.54 Å². The highest BCUT2D eigenvalue weighted by molar-refractivity contribution is 6.31. The number of benzene rings is 2. The maximum Gasteiger partial charge on any atom is 0.225 e. The molecule has 0 bridgehead atoms. The highest BCUT2D eigenvalue weighted by Gasteiger charge is 2.33. The van der Waals surface area contributed by atoms with Crippen LogP contribution in [0.4, 0.5) is 11.4 Å². The molecular weight excluding hydrogens is 436 g/mol. The summed E-state index contributed by atoms with van der Waals surface area (Å²) in [4.78, 5) is 40.9. The quantitative estimate of drug-likeness (QED) is 0.274. The molecule has 0 spiro atoms. The fourth-order valence-electron chi connectivity index (χ4n) is 3.82. The number of hydrogen-bond acceptors (Lipinski definition) is 8. The Morgan fingerprint density at radius 1 is 0.853 bits per heavy atom. The van der Waals surface area contributed by atoms with Crippen LogP contribution in [0.1, 0.15) is 38.3 Å². The predicted octanol–water partition coefficient (Wildman–Crippen LogP) is 1.97. The smallest absolute Gasteiger partial charge is 0.225 e. The van der Waals surface area contributed by atoms with E-state index in [9.17, 15) is 14.4 Å². The molecule has 0 fully saturated rings. The van der Waals surface area contributed by atoms with Gasteiger partial charge >= 0.3 is 0 Å². The maximum atomic E-state index is 13.4. The molecule has 0 atom stereocenters. The molecule has 0 aliphatic heterocycles. The van der Waals surface area contributed by atoms with Crippen LogP contribution in [0.15, 0.2) is 36.4 Å². The van der Waals surface area contributed by atoms with E-state index in [1.165, 1.54) is 14.2 Å². The highest BCUT2D eigenvalue weighted by atomic mass is 16.7. The summed E-state index contributed by atoms with van der Waals surface area (Å²) in [6.07, 6.45) is -0.518. The fraction of sp³-hybridized carbons (Fsp3) is 0.400. The second kappa shape index (κ2) is 11.7. The lowest BCUT2D eigenvalue weighted by Gasteiger charge is -2.24. The van der Waals surface area contributed by atoms with E-state index in [4.69, 9.17) is 9.47 Å². The van der Waals surface area contributed by atoms with Crippen molar-refractivity contribution in [3.63, 3.8) is 0 Å². The summed E-state index contributed by atoms with van der Waals surface area (Å²) < 4.78 is 10.1. The Morgan fingerprint density at radius 3 is 1.88 bits per heavy atom. The molecule has 3 rings (SSSR count). The Hall–Kier alpha value is -3.27. The van der Waals surface area contributed by atoms with Crippen LogP contribution in [0.3, 0.4) is 0 Å². The number of carbonyl (C=O) groups excluding carboxylic acids is 3. The monoisotopic (exact) mass is 468 g/mol. The molecule has 0 saturated heterocycles. The van der Waals surface area contributed by atoms with Crippen molar-refractivity contribution < 1.29 is 23.9 Å². The number of amides is 1. The topological polar surface area (TPSA) is 109 Å². The number of rotatable bonds is 12. The van der Waals surface area contributed by atoms with Gasteiger partial charge in [-0.1, -0.05) is 24.3 Å². The molecule has 2 aromatic carbocycles. The van der Waals surface area contributed by atoms with E-state index in [2.05, 4.69) is 16.0 Å². The van der Waals surface area contributed by atoms with E-state index in [1.54, 1.807) is 30.3 Å². The van der Waals surface area contributed by atoms with E-state index in [1.807, 2.05) is 25.1 Å². The van der Waals surface area contributed by atoms with E-state index >= 15 is 0 Å². The van der Waals surface area contributed by atoms with Crippen molar-refractivity contribution in [1.29, 1.82) is 0 Å². The number of ether oxygens (including phenoxy) is 2. The number of anilines is 2. The molecule has 0 radical (unpaired) electrons. The number of nitrogens with one attached hydrogen (secondary N) is 3. The van der Waals surface area contributed by atoms with Crippen LogP contribution in [0.2, 0.25) is 0 Å². The first-order valence-corrected chi connectivity index (χ1v) is 11.2. The van der Waals surface area contributed by atoms with Crippen molar-refractivity contribution in [2.24, 2.45) is 0 Å². The molecule has 1 amide bonds. The first kappa shape index (κ1) is 25.4. The van der Waals surface area contributed by atoms with Crippen LogP contribution < -0.4 is 16.0 Å². The lowest BCUT2D eigenvalue weighted by molar-refractivity contribution is -0.139. The van der Waals surface area contributed by atoms with Crippen LogP contribution in [0.5, 0.6) is 0 Å². The third-order valence-electron chi connectivity index (χ3n) is 5.59. The van der Waals surface area contributed by atoms with Gasteiger partial charge in [0.15, 0.2) is 17.9 Å². The van der Waals surface area contributed by atoms with E-state index in [-0.39, 0.29) is 23.9 Å². The van der Waals surface area contributed by atoms with E-state index in [0.29, 0.717) is 53.3 Å². The van der Waals surface area contributed by atoms with Crippen LogP contribution in [0.25, 0.3) is 0 Å². The summed E-state index contributed by atoms with van der Waals surface area (Å²) in [5.41, 5.74) is 2.72. The Morgan fingerprint density at radius 2 is 1.38 bits per heavy atom. The molecule has 1 aliphatic rings.